The van der Waals surface area contributed by atoms with Crippen molar-refractivity contribution >= 4 is 15.9 Å². The molecule has 0 aliphatic heterocycles. The SMILES string of the molecule is CCCNC(c1occc1Br)C1CCCC(CC)C1. The first-order chi connectivity index (χ1) is 9.26. The van der Waals surface area contributed by atoms with Crippen LogP contribution in [0.2, 0.25) is 0 Å². The third-order valence-electron chi connectivity index (χ3n) is 4.41. The Kier molecular flexibility index (Phi) is 5.96. The normalized spacial score (nSPS) is 25.4. The van der Waals surface area contributed by atoms with Gasteiger partial charge in [-0.2, -0.15) is 0 Å². The Morgan fingerprint density at radius 1 is 1.42 bits per heavy atom. The lowest BCUT2D eigenvalue weighted by Gasteiger charge is -2.34. The molecular weight excluding hydrogens is 302 g/mol. The Hall–Kier alpha value is -0.280. The summed E-state index contributed by atoms with van der Waals surface area (Å²) in [5.41, 5.74) is 0. The molecule has 1 aromatic rings. The van der Waals surface area contributed by atoms with Gasteiger partial charge in [0.1, 0.15) is 5.76 Å². The predicted octanol–water partition coefficient (Wildman–Crippen LogP) is 5.30. The van der Waals surface area contributed by atoms with Crippen LogP contribution in [0.1, 0.15) is 64.2 Å². The van der Waals surface area contributed by atoms with Crippen LogP contribution in [-0.4, -0.2) is 6.54 Å². The molecule has 2 nitrogen and oxygen atoms in total. The van der Waals surface area contributed by atoms with E-state index in [1.807, 2.05) is 6.07 Å². The van der Waals surface area contributed by atoms with Gasteiger partial charge in [-0.3, -0.25) is 0 Å². The molecule has 0 radical (unpaired) electrons. The van der Waals surface area contributed by atoms with Gasteiger partial charge < -0.3 is 9.73 Å². The van der Waals surface area contributed by atoms with Crippen molar-refractivity contribution in [3.63, 3.8) is 0 Å². The van der Waals surface area contributed by atoms with Gasteiger partial charge in [-0.25, -0.2) is 0 Å². The van der Waals surface area contributed by atoms with Gasteiger partial charge in [-0.15, -0.1) is 0 Å². The Balaban J connectivity index is 2.10. The summed E-state index contributed by atoms with van der Waals surface area (Å²) in [7, 11) is 0. The van der Waals surface area contributed by atoms with Gasteiger partial charge in [-0.05, 0) is 59.6 Å². The molecule has 3 atom stereocenters. The second-order valence-electron chi connectivity index (χ2n) is 5.77. The van der Waals surface area contributed by atoms with Crippen molar-refractivity contribution in [1.29, 1.82) is 0 Å². The lowest BCUT2D eigenvalue weighted by atomic mass is 9.76. The van der Waals surface area contributed by atoms with Gasteiger partial charge in [0.25, 0.3) is 0 Å². The minimum Gasteiger partial charge on any atom is -0.466 e. The molecule has 0 aromatic carbocycles. The molecule has 3 unspecified atom stereocenters. The molecule has 0 bridgehead atoms. The van der Waals surface area contributed by atoms with Crippen LogP contribution in [0.25, 0.3) is 0 Å². The fourth-order valence-electron chi connectivity index (χ4n) is 3.31. The van der Waals surface area contributed by atoms with Crippen molar-refractivity contribution in [3.05, 3.63) is 22.6 Å². The van der Waals surface area contributed by atoms with Crippen LogP contribution >= 0.6 is 15.9 Å². The Labute approximate surface area is 125 Å². The molecule has 0 amide bonds. The largest absolute Gasteiger partial charge is 0.466 e. The number of halogens is 1. The predicted molar refractivity (Wildman–Crippen MR) is 83.2 cm³/mol. The minimum absolute atomic E-state index is 0.374. The zero-order chi connectivity index (χ0) is 13.7. The van der Waals surface area contributed by atoms with E-state index >= 15 is 0 Å². The Bertz CT molecular complexity index is 377. The van der Waals surface area contributed by atoms with E-state index in [-0.39, 0.29) is 0 Å². The molecule has 108 valence electrons. The van der Waals surface area contributed by atoms with Crippen LogP contribution in [0.15, 0.2) is 21.2 Å². The molecule has 0 saturated heterocycles. The summed E-state index contributed by atoms with van der Waals surface area (Å²) in [5, 5.41) is 3.70. The third kappa shape index (κ3) is 3.85. The first kappa shape index (κ1) is 15.1. The Morgan fingerprint density at radius 2 is 2.26 bits per heavy atom. The van der Waals surface area contributed by atoms with Crippen LogP contribution in [0, 0.1) is 11.8 Å². The van der Waals surface area contributed by atoms with E-state index in [9.17, 15) is 0 Å². The van der Waals surface area contributed by atoms with Gasteiger partial charge in [0, 0.05) is 0 Å². The van der Waals surface area contributed by atoms with Crippen molar-refractivity contribution in [2.45, 2.75) is 58.4 Å². The maximum Gasteiger partial charge on any atom is 0.135 e. The molecule has 1 heterocycles. The molecule has 19 heavy (non-hydrogen) atoms. The third-order valence-corrected chi connectivity index (χ3v) is 5.07. The molecule has 1 N–H and O–H groups in total. The highest BCUT2D eigenvalue weighted by atomic mass is 79.9. The van der Waals surface area contributed by atoms with Crippen molar-refractivity contribution in [1.82, 2.24) is 5.32 Å². The van der Waals surface area contributed by atoms with Gasteiger partial charge in [0.2, 0.25) is 0 Å². The monoisotopic (exact) mass is 327 g/mol. The van der Waals surface area contributed by atoms with Crippen molar-refractivity contribution < 1.29 is 4.42 Å². The van der Waals surface area contributed by atoms with E-state index in [4.69, 9.17) is 4.42 Å². The van der Waals surface area contributed by atoms with Gasteiger partial charge in [0.05, 0.1) is 16.8 Å². The Morgan fingerprint density at radius 3 is 2.89 bits per heavy atom. The van der Waals surface area contributed by atoms with Crippen molar-refractivity contribution in [2.75, 3.05) is 6.54 Å². The summed E-state index contributed by atoms with van der Waals surface area (Å²) in [6, 6.07) is 2.38. The number of nitrogens with one attached hydrogen (secondary N) is 1. The summed E-state index contributed by atoms with van der Waals surface area (Å²) < 4.78 is 6.85. The molecule has 1 aromatic heterocycles. The maximum absolute atomic E-state index is 5.74. The van der Waals surface area contributed by atoms with Crippen LogP contribution in [0.4, 0.5) is 0 Å². The van der Waals surface area contributed by atoms with Gasteiger partial charge >= 0.3 is 0 Å². The lowest BCUT2D eigenvalue weighted by molar-refractivity contribution is 0.193. The van der Waals surface area contributed by atoms with E-state index in [0.29, 0.717) is 12.0 Å². The van der Waals surface area contributed by atoms with E-state index in [2.05, 4.69) is 35.1 Å². The molecule has 1 aliphatic carbocycles. The highest BCUT2D eigenvalue weighted by Gasteiger charge is 2.31. The smallest absolute Gasteiger partial charge is 0.135 e. The second-order valence-corrected chi connectivity index (χ2v) is 6.62. The van der Waals surface area contributed by atoms with Gasteiger partial charge in [-0.1, -0.05) is 33.1 Å². The summed E-state index contributed by atoms with van der Waals surface area (Å²) in [6.45, 7) is 5.60. The molecule has 3 heteroatoms. The number of furan rings is 1. The quantitative estimate of drug-likeness (QED) is 0.766. The average molecular weight is 328 g/mol. The van der Waals surface area contributed by atoms with E-state index in [0.717, 1.165) is 22.7 Å². The number of hydrogen-bond donors (Lipinski definition) is 1. The number of rotatable bonds is 6. The zero-order valence-electron chi connectivity index (χ0n) is 12.1. The molecule has 2 rings (SSSR count). The summed E-state index contributed by atoms with van der Waals surface area (Å²) in [6.07, 6.45) is 9.71. The maximum atomic E-state index is 5.74. The minimum atomic E-state index is 0.374. The average Bonchev–Trinajstić information content (AvgIpc) is 2.86. The molecular formula is C16H26BrNO. The second kappa shape index (κ2) is 7.49. The van der Waals surface area contributed by atoms with Crippen LogP contribution in [0.3, 0.4) is 0 Å². The fourth-order valence-corrected chi connectivity index (χ4v) is 3.75. The molecule has 1 aliphatic rings. The topological polar surface area (TPSA) is 25.2 Å². The highest BCUT2D eigenvalue weighted by Crippen LogP contribution is 2.40. The summed E-state index contributed by atoms with van der Waals surface area (Å²) >= 11 is 3.62. The van der Waals surface area contributed by atoms with Crippen molar-refractivity contribution in [2.24, 2.45) is 11.8 Å². The number of hydrogen-bond acceptors (Lipinski definition) is 2. The summed E-state index contributed by atoms with van der Waals surface area (Å²) in [5.74, 6) is 2.71. The first-order valence-electron chi connectivity index (χ1n) is 7.72. The van der Waals surface area contributed by atoms with E-state index in [1.54, 1.807) is 6.26 Å². The molecule has 1 fully saturated rings. The first-order valence-corrected chi connectivity index (χ1v) is 8.51. The van der Waals surface area contributed by atoms with E-state index in [1.165, 1.54) is 38.5 Å². The summed E-state index contributed by atoms with van der Waals surface area (Å²) in [4.78, 5) is 0. The zero-order valence-corrected chi connectivity index (χ0v) is 13.7. The van der Waals surface area contributed by atoms with Crippen LogP contribution in [0.5, 0.6) is 0 Å². The van der Waals surface area contributed by atoms with Crippen molar-refractivity contribution in [3.8, 4) is 0 Å². The van der Waals surface area contributed by atoms with Crippen LogP contribution < -0.4 is 5.32 Å². The van der Waals surface area contributed by atoms with Crippen LogP contribution in [-0.2, 0) is 0 Å². The highest BCUT2D eigenvalue weighted by molar-refractivity contribution is 9.10. The van der Waals surface area contributed by atoms with Gasteiger partial charge in [0.15, 0.2) is 0 Å². The standard InChI is InChI=1S/C16H26BrNO/c1-3-9-18-15(16-14(17)8-10-19-16)13-7-5-6-12(4-2)11-13/h8,10,12-13,15,18H,3-7,9,11H2,1-2H3. The lowest BCUT2D eigenvalue weighted by Crippen LogP contribution is -2.32. The molecule has 0 spiro atoms. The fraction of sp³-hybridized carbons (Fsp3) is 0.750. The molecule has 1 saturated carbocycles. The van der Waals surface area contributed by atoms with E-state index < -0.39 is 0 Å².